The van der Waals surface area contributed by atoms with Crippen LogP contribution >= 0.6 is 0 Å². The Labute approximate surface area is 54.5 Å². The molecule has 0 unspecified atom stereocenters. The molecule has 0 aromatic heterocycles. The molecule has 0 atom stereocenters. The van der Waals surface area contributed by atoms with Crippen molar-refractivity contribution >= 4 is 6.47 Å². The molecule has 1 rings (SSSR count). The third-order valence-corrected chi connectivity index (χ3v) is 1.42. The summed E-state index contributed by atoms with van der Waals surface area (Å²) in [5, 5.41) is 0. The predicted molar refractivity (Wildman–Crippen MR) is 33.3 cm³/mol. The van der Waals surface area contributed by atoms with Gasteiger partial charge in [0.25, 0.3) is 0 Å². The van der Waals surface area contributed by atoms with Crippen LogP contribution < -0.4 is 0 Å². The van der Waals surface area contributed by atoms with Crippen LogP contribution in [-0.4, -0.2) is 6.47 Å². The van der Waals surface area contributed by atoms with Crippen molar-refractivity contribution in [3.8, 4) is 0 Å². The van der Waals surface area contributed by atoms with Crippen LogP contribution in [0.15, 0.2) is 11.8 Å². The summed E-state index contributed by atoms with van der Waals surface area (Å²) in [4.78, 5) is 9.69. The fourth-order valence-electron chi connectivity index (χ4n) is 0.955. The topological polar surface area (TPSA) is 26.3 Å². The van der Waals surface area contributed by atoms with Gasteiger partial charge in [0.05, 0.1) is 0 Å². The van der Waals surface area contributed by atoms with Gasteiger partial charge in [0, 0.05) is 6.42 Å². The average Bonchev–Trinajstić information content (AvgIpc) is 1.91. The summed E-state index contributed by atoms with van der Waals surface area (Å²) in [5.74, 6) is 0.788. The maximum atomic E-state index is 9.69. The molecule has 1 aliphatic carbocycles. The highest BCUT2D eigenvalue weighted by atomic mass is 16.5. The summed E-state index contributed by atoms with van der Waals surface area (Å²) in [7, 11) is 0. The standard InChI is InChI=1S/C7H9O2/c8-6-9-7-4-2-1-3-5-7/h4H,1-3,5H2. The zero-order chi connectivity index (χ0) is 6.53. The number of ether oxygens (including phenoxy) is 1. The predicted octanol–water partition coefficient (Wildman–Crippen LogP) is 1.53. The number of hydrogen-bond donors (Lipinski definition) is 0. The molecule has 0 N–H and O–H groups in total. The molecule has 2 heteroatoms. The Hall–Kier alpha value is -0.790. The number of carbonyl (C=O) groups excluding carboxylic acids is 1. The number of hydrogen-bond acceptors (Lipinski definition) is 2. The van der Waals surface area contributed by atoms with Crippen molar-refractivity contribution in [3.05, 3.63) is 11.8 Å². The lowest BCUT2D eigenvalue weighted by molar-refractivity contribution is 0.336. The monoisotopic (exact) mass is 125 g/mol. The van der Waals surface area contributed by atoms with Crippen LogP contribution in [0.1, 0.15) is 25.7 Å². The molecule has 0 heterocycles. The largest absolute Gasteiger partial charge is 0.423 e. The van der Waals surface area contributed by atoms with Crippen molar-refractivity contribution in [3.63, 3.8) is 0 Å². The van der Waals surface area contributed by atoms with Crippen LogP contribution in [0.3, 0.4) is 0 Å². The molecule has 1 aliphatic rings. The van der Waals surface area contributed by atoms with Crippen molar-refractivity contribution in [1.29, 1.82) is 0 Å². The minimum atomic E-state index is 0.788. The van der Waals surface area contributed by atoms with E-state index in [1.807, 2.05) is 6.08 Å². The molecular weight excluding hydrogens is 116 g/mol. The minimum absolute atomic E-state index is 0.788. The second kappa shape index (κ2) is 3.28. The Bertz CT molecular complexity index is 127. The fourth-order valence-corrected chi connectivity index (χ4v) is 0.955. The summed E-state index contributed by atoms with van der Waals surface area (Å²) in [6, 6.07) is 0. The van der Waals surface area contributed by atoms with Crippen LogP contribution in [0, 0.1) is 0 Å². The van der Waals surface area contributed by atoms with Gasteiger partial charge in [0.2, 0.25) is 0 Å². The van der Waals surface area contributed by atoms with Crippen LogP contribution in [0.25, 0.3) is 0 Å². The first-order valence-corrected chi connectivity index (χ1v) is 3.16. The Kier molecular flexibility index (Phi) is 2.31. The second-order valence-corrected chi connectivity index (χ2v) is 2.10. The van der Waals surface area contributed by atoms with Crippen molar-refractivity contribution in [2.24, 2.45) is 0 Å². The highest BCUT2D eigenvalue weighted by Gasteiger charge is 2.02. The summed E-state index contributed by atoms with van der Waals surface area (Å²) >= 11 is 0. The van der Waals surface area contributed by atoms with Crippen molar-refractivity contribution < 1.29 is 9.53 Å². The van der Waals surface area contributed by atoms with E-state index in [0.717, 1.165) is 25.0 Å². The lowest BCUT2D eigenvalue weighted by Crippen LogP contribution is -1.94. The number of allylic oxidation sites excluding steroid dienone is 2. The van der Waals surface area contributed by atoms with Gasteiger partial charge in [-0.3, -0.25) is 0 Å². The fraction of sp³-hybridized carbons (Fsp3) is 0.571. The summed E-state index contributed by atoms with van der Waals surface area (Å²) in [6.07, 6.45) is 6.24. The maximum Gasteiger partial charge on any atom is 0.422 e. The molecule has 49 valence electrons. The van der Waals surface area contributed by atoms with E-state index in [0.29, 0.717) is 0 Å². The van der Waals surface area contributed by atoms with Gasteiger partial charge in [0.1, 0.15) is 5.76 Å². The van der Waals surface area contributed by atoms with E-state index < -0.39 is 0 Å². The molecule has 0 amide bonds. The van der Waals surface area contributed by atoms with E-state index in [4.69, 9.17) is 0 Å². The summed E-state index contributed by atoms with van der Waals surface area (Å²) < 4.78 is 4.54. The molecule has 0 aromatic rings. The Morgan fingerprint density at radius 3 is 3.00 bits per heavy atom. The van der Waals surface area contributed by atoms with Crippen LogP contribution in [0.2, 0.25) is 0 Å². The lowest BCUT2D eigenvalue weighted by atomic mass is 10.1. The molecule has 2 nitrogen and oxygen atoms in total. The van der Waals surface area contributed by atoms with Gasteiger partial charge in [-0.2, -0.15) is 0 Å². The van der Waals surface area contributed by atoms with Gasteiger partial charge >= 0.3 is 6.47 Å². The summed E-state index contributed by atoms with van der Waals surface area (Å²) in [5.41, 5.74) is 0. The lowest BCUT2D eigenvalue weighted by Gasteiger charge is -2.07. The molecule has 0 aliphatic heterocycles. The highest BCUT2D eigenvalue weighted by molar-refractivity contribution is 5.41. The van der Waals surface area contributed by atoms with E-state index in [2.05, 4.69) is 4.74 Å². The zero-order valence-corrected chi connectivity index (χ0v) is 5.22. The molecular formula is C7H9O2. The third kappa shape index (κ3) is 1.88. The molecule has 1 radical (unpaired) electrons. The Morgan fingerprint density at radius 2 is 2.44 bits per heavy atom. The van der Waals surface area contributed by atoms with Gasteiger partial charge in [0.15, 0.2) is 0 Å². The van der Waals surface area contributed by atoms with Crippen molar-refractivity contribution in [2.75, 3.05) is 0 Å². The van der Waals surface area contributed by atoms with Gasteiger partial charge < -0.3 is 4.74 Å². The van der Waals surface area contributed by atoms with E-state index in [9.17, 15) is 4.79 Å². The van der Waals surface area contributed by atoms with Crippen LogP contribution in [-0.2, 0) is 9.53 Å². The SMILES string of the molecule is O=[C]OC1=CCCCC1. The molecule has 0 bridgehead atoms. The first-order chi connectivity index (χ1) is 4.43. The quantitative estimate of drug-likeness (QED) is 0.559. The van der Waals surface area contributed by atoms with Crippen molar-refractivity contribution in [2.45, 2.75) is 25.7 Å². The van der Waals surface area contributed by atoms with Crippen molar-refractivity contribution in [1.82, 2.24) is 0 Å². The van der Waals surface area contributed by atoms with Crippen LogP contribution in [0.4, 0.5) is 0 Å². The van der Waals surface area contributed by atoms with Gasteiger partial charge in [-0.1, -0.05) is 0 Å². The molecule has 0 saturated heterocycles. The smallest absolute Gasteiger partial charge is 0.422 e. The second-order valence-electron chi connectivity index (χ2n) is 2.10. The average molecular weight is 125 g/mol. The Balaban J connectivity index is 2.36. The molecule has 0 saturated carbocycles. The third-order valence-electron chi connectivity index (χ3n) is 1.42. The summed E-state index contributed by atoms with van der Waals surface area (Å²) in [6.45, 7) is 1.42. The normalized spacial score (nSPS) is 18.4. The van der Waals surface area contributed by atoms with E-state index in [-0.39, 0.29) is 0 Å². The highest BCUT2D eigenvalue weighted by Crippen LogP contribution is 2.16. The van der Waals surface area contributed by atoms with Gasteiger partial charge in [-0.15, -0.1) is 0 Å². The van der Waals surface area contributed by atoms with Gasteiger partial charge in [-0.25, -0.2) is 4.79 Å². The number of rotatable bonds is 2. The van der Waals surface area contributed by atoms with E-state index in [1.165, 1.54) is 12.9 Å². The van der Waals surface area contributed by atoms with E-state index in [1.54, 1.807) is 0 Å². The maximum absolute atomic E-state index is 9.69. The minimum Gasteiger partial charge on any atom is -0.423 e. The zero-order valence-electron chi connectivity index (χ0n) is 5.22. The molecule has 0 aromatic carbocycles. The Morgan fingerprint density at radius 1 is 1.56 bits per heavy atom. The first-order valence-electron chi connectivity index (χ1n) is 3.16. The molecule has 0 spiro atoms. The van der Waals surface area contributed by atoms with Gasteiger partial charge in [-0.05, 0) is 25.3 Å². The first kappa shape index (κ1) is 6.33. The molecule has 9 heavy (non-hydrogen) atoms. The van der Waals surface area contributed by atoms with Crippen LogP contribution in [0.5, 0.6) is 0 Å². The molecule has 0 fully saturated rings. The van der Waals surface area contributed by atoms with E-state index >= 15 is 0 Å².